The number of rotatable bonds is 16. The maximum Gasteiger partial charge on any atom is 0.187 e. The average Bonchev–Trinajstić information content (AvgIpc) is 1.10. The van der Waals surface area contributed by atoms with Crippen molar-refractivity contribution in [2.75, 3.05) is 46.4 Å². The molecule has 0 radical (unpaired) electrons. The molecule has 3 aliphatic rings. The summed E-state index contributed by atoms with van der Waals surface area (Å²) in [7, 11) is -8.53. The van der Waals surface area contributed by atoms with E-state index in [1.54, 1.807) is 130 Å². The Morgan fingerprint density at radius 3 is 1.09 bits per heavy atom. The van der Waals surface area contributed by atoms with E-state index in [-0.39, 0.29) is 5.25 Å². The molecule has 3 aliphatic heterocycles. The fraction of sp³-hybridized carbons (Fsp3) is 0.260. The van der Waals surface area contributed by atoms with Crippen LogP contribution in [0.2, 0.25) is 0 Å². The van der Waals surface area contributed by atoms with Gasteiger partial charge in [-0.1, -0.05) is 100 Å². The normalized spacial score (nSPS) is 16.4. The Kier molecular flexibility index (Phi) is 21.4. The quantitative estimate of drug-likeness (QED) is 0.0809. The van der Waals surface area contributed by atoms with E-state index in [1.165, 1.54) is 6.07 Å². The number of nitrogens with one attached hydrogen (secondary N) is 3. The van der Waals surface area contributed by atoms with Gasteiger partial charge in [0.15, 0.2) is 46.8 Å². The Hall–Kier alpha value is -10.4. The summed E-state index contributed by atoms with van der Waals surface area (Å²) < 4.78 is 114. The van der Waals surface area contributed by atoms with Crippen molar-refractivity contribution in [2.24, 2.45) is 0 Å². The second-order valence-electron chi connectivity index (χ2n) is 25.4. The lowest BCUT2D eigenvalue weighted by Gasteiger charge is -2.22. The highest BCUT2D eigenvalue weighted by Gasteiger charge is 2.32. The van der Waals surface area contributed by atoms with Gasteiger partial charge in [0.1, 0.15) is 45.7 Å². The van der Waals surface area contributed by atoms with Crippen molar-refractivity contribution < 1.29 is 47.9 Å². The van der Waals surface area contributed by atoms with Crippen LogP contribution in [-0.2, 0) is 29.5 Å². The number of aryl methyl sites for hydroxylation is 4. The van der Waals surface area contributed by atoms with Crippen LogP contribution < -0.4 is 20.7 Å². The van der Waals surface area contributed by atoms with Crippen molar-refractivity contribution in [1.82, 2.24) is 61.3 Å². The van der Waals surface area contributed by atoms with Crippen LogP contribution >= 0.6 is 0 Å². The number of piperidine rings is 3. The van der Waals surface area contributed by atoms with Gasteiger partial charge in [-0.3, -0.25) is 15.0 Å². The third-order valence-electron chi connectivity index (χ3n) is 18.6. The Labute approximate surface area is 596 Å². The van der Waals surface area contributed by atoms with E-state index >= 15 is 0 Å². The van der Waals surface area contributed by atoms with Crippen LogP contribution in [0.1, 0.15) is 61.2 Å². The first-order valence-electron chi connectivity index (χ1n) is 33.9. The predicted octanol–water partition coefficient (Wildman–Crippen LogP) is 13.4. The first kappa shape index (κ1) is 71.1. The van der Waals surface area contributed by atoms with Gasteiger partial charge >= 0.3 is 0 Å². The molecule has 0 amide bonds. The molecule has 103 heavy (non-hydrogen) atoms. The maximum atomic E-state index is 14.1. The lowest BCUT2D eigenvalue weighted by molar-refractivity contribution is 0.413. The van der Waals surface area contributed by atoms with Gasteiger partial charge in [0.05, 0.1) is 90.3 Å². The molecule has 0 spiro atoms. The Morgan fingerprint density at radius 2 is 0.738 bits per heavy atom. The fourth-order valence-corrected chi connectivity index (χ4v) is 17.8. The van der Waals surface area contributed by atoms with Crippen LogP contribution in [0.25, 0.3) is 102 Å². The van der Waals surface area contributed by atoms with Gasteiger partial charge in [-0.05, 0) is 152 Å². The van der Waals surface area contributed by atoms with Crippen LogP contribution in [0.3, 0.4) is 0 Å². The van der Waals surface area contributed by atoms with Crippen molar-refractivity contribution in [3.63, 3.8) is 0 Å². The number of halogens is 1. The van der Waals surface area contributed by atoms with Gasteiger partial charge in [-0.15, -0.1) is 0 Å². The first-order valence-corrected chi connectivity index (χ1v) is 38.5. The number of nitrogens with zero attached hydrogens (tertiary/aromatic N) is 9. The molecule has 9 heterocycles. The van der Waals surface area contributed by atoms with Gasteiger partial charge in [0, 0.05) is 71.2 Å². The Morgan fingerprint density at radius 1 is 0.408 bits per heavy atom. The third-order valence-corrected chi connectivity index (χ3v) is 25.2. The molecule has 6 aromatic carbocycles. The highest BCUT2D eigenvalue weighted by Crippen LogP contribution is 2.36. The highest BCUT2D eigenvalue weighted by atomic mass is 32.2. The summed E-state index contributed by atoms with van der Waals surface area (Å²) >= 11 is 0. The molecule has 26 heteroatoms. The number of sulfone groups is 3. The third kappa shape index (κ3) is 15.7. The summed E-state index contributed by atoms with van der Waals surface area (Å²) in [5.74, 6) is 1.70. The zero-order chi connectivity index (χ0) is 71.8. The van der Waals surface area contributed by atoms with Crippen LogP contribution in [0, 0.1) is 33.5 Å². The minimum absolute atomic E-state index is 0.301. The summed E-state index contributed by atoms with van der Waals surface area (Å²) in [6, 6.07) is 47.6. The summed E-state index contributed by atoms with van der Waals surface area (Å²) in [6.07, 6.45) is 9.60. The average molecular weight is 1440 g/mol. The van der Waals surface area contributed by atoms with Crippen LogP contribution in [-0.4, -0.2) is 133 Å². The summed E-state index contributed by atoms with van der Waals surface area (Å²) in [6.45, 7) is 11.6. The van der Waals surface area contributed by atoms with E-state index in [1.807, 2.05) is 81.4 Å². The number of hydrogen-bond donors (Lipinski definition) is 3. The highest BCUT2D eigenvalue weighted by molar-refractivity contribution is 7.92. The molecule has 3 saturated heterocycles. The van der Waals surface area contributed by atoms with Gasteiger partial charge < -0.3 is 34.3 Å². The maximum absolute atomic E-state index is 14.1. The molecule has 3 N–H and O–H groups in total. The van der Waals surface area contributed by atoms with E-state index < -0.39 is 45.8 Å². The topological polar surface area (TPSA) is 303 Å². The summed E-state index contributed by atoms with van der Waals surface area (Å²) in [5, 5.41) is 20.8. The number of benzene rings is 6. The number of ether oxygens (including phenoxy) is 1. The fourth-order valence-electron chi connectivity index (χ4n) is 12.7. The molecule has 3 unspecified atom stereocenters. The van der Waals surface area contributed by atoms with Crippen molar-refractivity contribution in [3.05, 3.63) is 211 Å². The molecule has 528 valence electrons. The molecule has 3 fully saturated rings. The van der Waals surface area contributed by atoms with Crippen LogP contribution in [0.5, 0.6) is 5.75 Å². The zero-order valence-corrected chi connectivity index (χ0v) is 59.7. The molecular formula is C77H75FN12O10S3. The number of hydrogen-bond acceptors (Lipinski definition) is 22. The molecule has 0 aliphatic carbocycles. The molecule has 0 bridgehead atoms. The lowest BCUT2D eigenvalue weighted by atomic mass is 10.1. The van der Waals surface area contributed by atoms with Gasteiger partial charge in [-0.2, -0.15) is 0 Å². The van der Waals surface area contributed by atoms with Crippen molar-refractivity contribution in [1.29, 1.82) is 0 Å². The number of methoxy groups -OCH3 is 1. The Balaban J connectivity index is 0.000000138. The van der Waals surface area contributed by atoms with Crippen LogP contribution in [0.4, 0.5) is 4.39 Å². The Bertz CT molecular complexity index is 5130. The first-order chi connectivity index (χ1) is 49.8. The molecular weight excluding hydrogens is 1370 g/mol. The minimum atomic E-state index is -3.40. The largest absolute Gasteiger partial charge is 0.496 e. The van der Waals surface area contributed by atoms with E-state index in [0.717, 1.165) is 83.7 Å². The summed E-state index contributed by atoms with van der Waals surface area (Å²) in [4.78, 5) is 28.6. The van der Waals surface area contributed by atoms with Gasteiger partial charge in [0.25, 0.3) is 0 Å². The smallest absolute Gasteiger partial charge is 0.187 e. The second kappa shape index (κ2) is 31.1. The number of aromatic nitrogens is 9. The molecule has 6 aromatic heterocycles. The molecule has 22 nitrogen and oxygen atoms in total. The SMILES string of the molecule is COc1ccccc1-c1cc(-c2nc(-c3ccc(S(=O)(=O)C4CCCNC4)cc3)cnc2C)on1.Cc1ccccc1-c1cc(-c2nc(-c3ccc(S(=O)(=O)C4CCCNC4)cc3)cnc2C)on1.Cc1ncc(-c2ccc(S(=O)(=O)C3CCCNC3)cc2)nc1-c1cc(-c2ccccc2F)no1. The molecule has 0 saturated carbocycles. The van der Waals surface area contributed by atoms with Gasteiger partial charge in [0.2, 0.25) is 0 Å². The zero-order valence-electron chi connectivity index (χ0n) is 57.2. The van der Waals surface area contributed by atoms with Crippen molar-refractivity contribution in [2.45, 2.75) is 96.7 Å². The predicted molar refractivity (Wildman–Crippen MR) is 390 cm³/mol. The van der Waals surface area contributed by atoms with Crippen molar-refractivity contribution >= 4 is 29.5 Å². The van der Waals surface area contributed by atoms with Gasteiger partial charge in [-0.25, -0.2) is 44.6 Å². The minimum Gasteiger partial charge on any atom is -0.496 e. The molecule has 12 aromatic rings. The van der Waals surface area contributed by atoms with Crippen molar-refractivity contribution in [3.8, 4) is 108 Å². The van der Waals surface area contributed by atoms with E-state index in [4.69, 9.17) is 28.3 Å². The monoisotopic (exact) mass is 1440 g/mol. The second-order valence-corrected chi connectivity index (χ2v) is 32.1. The van der Waals surface area contributed by atoms with E-state index in [9.17, 15) is 29.6 Å². The summed E-state index contributed by atoms with van der Waals surface area (Å²) in [5.41, 5.74) is 12.8. The van der Waals surface area contributed by atoms with E-state index in [0.29, 0.717) is 139 Å². The molecule has 15 rings (SSSR count). The standard InChI is InChI=1S/C26H26N4O4S.C26H26N4O3S.C25H23FN4O3S/c1-17-26(25-14-22(30-34-25)21-7-3-4-8-24(21)33-2)29-23(16-28-17)18-9-11-19(12-10-18)35(31,32)20-6-5-13-27-15-20;1-17-6-3-4-8-22(17)23-14-25(33-30-23)26-18(2)28-16-24(29-26)19-9-11-20(12-10-19)34(31,32)21-7-5-13-27-15-21;1-16-25(24-13-22(30-33-24)20-6-2-3-7-21(20)26)29-23(15-28-16)17-8-10-18(11-9-17)34(31,32)19-5-4-12-27-14-19/h3-4,7-12,14,16,20,27H,5-6,13,15H2,1-2H3;3-4,6,8-12,14,16,21,27H,5,7,13,15H2,1-2H3;2-3,6-11,13,15,19,27H,4-5,12,14H2,1H3. The number of para-hydroxylation sites is 1. The van der Waals surface area contributed by atoms with Crippen LogP contribution in [0.15, 0.2) is 211 Å². The van der Waals surface area contributed by atoms with E-state index in [2.05, 4.69) is 51.4 Å². The molecule has 3 atom stereocenters. The lowest BCUT2D eigenvalue weighted by Crippen LogP contribution is -2.38.